The highest BCUT2D eigenvalue weighted by Crippen LogP contribution is 2.34. The minimum Gasteiger partial charge on any atom is -0.497 e. The van der Waals surface area contributed by atoms with Crippen LogP contribution in [0.1, 0.15) is 18.1 Å². The van der Waals surface area contributed by atoms with E-state index >= 15 is 0 Å². The summed E-state index contributed by atoms with van der Waals surface area (Å²) < 4.78 is 21.5. The van der Waals surface area contributed by atoms with Crippen molar-refractivity contribution < 1.29 is 23.7 Å². The van der Waals surface area contributed by atoms with Gasteiger partial charge in [0.2, 0.25) is 0 Å². The lowest BCUT2D eigenvalue weighted by Gasteiger charge is -2.38. The maximum Gasteiger partial charge on any atom is 0.368 e. The van der Waals surface area contributed by atoms with Crippen LogP contribution in [0.25, 0.3) is 0 Å². The maximum atomic E-state index is 12.0. The zero-order valence-corrected chi connectivity index (χ0v) is 12.5. The van der Waals surface area contributed by atoms with Gasteiger partial charge in [-0.25, -0.2) is 4.79 Å². The number of hydrogen-bond acceptors (Lipinski definition) is 6. The summed E-state index contributed by atoms with van der Waals surface area (Å²) in [6.07, 6.45) is 0.450. The second kappa shape index (κ2) is 6.89. The van der Waals surface area contributed by atoms with E-state index in [0.29, 0.717) is 13.0 Å². The average molecular weight is 295 g/mol. The van der Waals surface area contributed by atoms with Crippen molar-refractivity contribution >= 4 is 5.97 Å². The van der Waals surface area contributed by atoms with E-state index in [-0.39, 0.29) is 12.6 Å². The number of hydrogen-bond donors (Lipinski definition) is 1. The van der Waals surface area contributed by atoms with Crippen molar-refractivity contribution in [2.24, 2.45) is 0 Å². The van der Waals surface area contributed by atoms with Gasteiger partial charge in [-0.1, -0.05) is 12.1 Å². The van der Waals surface area contributed by atoms with Crippen LogP contribution < -0.4 is 10.1 Å². The molecule has 0 aromatic heterocycles. The van der Waals surface area contributed by atoms with Gasteiger partial charge in [0.25, 0.3) is 5.79 Å². The molecular formula is C15H21NO5. The van der Waals surface area contributed by atoms with Crippen LogP contribution in [0.5, 0.6) is 5.75 Å². The van der Waals surface area contributed by atoms with Crippen molar-refractivity contribution in [1.29, 1.82) is 0 Å². The van der Waals surface area contributed by atoms with Crippen molar-refractivity contribution in [3.63, 3.8) is 0 Å². The molecule has 2 rings (SSSR count). The van der Waals surface area contributed by atoms with Gasteiger partial charge in [-0.05, 0) is 24.7 Å². The van der Waals surface area contributed by atoms with E-state index < -0.39 is 11.8 Å². The molecule has 1 fully saturated rings. The van der Waals surface area contributed by atoms with Crippen LogP contribution in [0, 0.1) is 0 Å². The summed E-state index contributed by atoms with van der Waals surface area (Å²) in [5.41, 5.74) is 0.975. The number of nitrogens with one attached hydrogen (secondary N) is 1. The Kier molecular flexibility index (Phi) is 5.17. The van der Waals surface area contributed by atoms with E-state index in [2.05, 4.69) is 5.32 Å². The minimum absolute atomic E-state index is 0.225. The molecule has 1 N–H and O–H groups in total. The molecule has 1 aromatic carbocycles. The molecule has 0 amide bonds. The Labute approximate surface area is 124 Å². The van der Waals surface area contributed by atoms with E-state index in [0.717, 1.165) is 11.3 Å². The van der Waals surface area contributed by atoms with Crippen molar-refractivity contribution in [3.05, 3.63) is 29.8 Å². The normalized spacial score (nSPS) is 25.4. The number of ether oxygens (including phenoxy) is 4. The summed E-state index contributed by atoms with van der Waals surface area (Å²) >= 11 is 0. The van der Waals surface area contributed by atoms with Gasteiger partial charge < -0.3 is 24.3 Å². The average Bonchev–Trinajstić information content (AvgIpc) is 2.54. The predicted octanol–water partition coefficient (Wildman–Crippen LogP) is 1.26. The smallest absolute Gasteiger partial charge is 0.368 e. The fraction of sp³-hybridized carbons (Fsp3) is 0.533. The van der Waals surface area contributed by atoms with Gasteiger partial charge in [-0.15, -0.1) is 0 Å². The summed E-state index contributed by atoms with van der Waals surface area (Å²) in [6.45, 7) is 0.653. The molecule has 0 spiro atoms. The van der Waals surface area contributed by atoms with Crippen molar-refractivity contribution in [1.82, 2.24) is 5.32 Å². The van der Waals surface area contributed by atoms with E-state index in [4.69, 9.17) is 18.9 Å². The molecule has 1 aliphatic heterocycles. The molecule has 116 valence electrons. The topological polar surface area (TPSA) is 66.0 Å². The highest BCUT2D eigenvalue weighted by Gasteiger charge is 2.46. The predicted molar refractivity (Wildman–Crippen MR) is 76.1 cm³/mol. The summed E-state index contributed by atoms with van der Waals surface area (Å²) in [5, 5.41) is 2.91. The van der Waals surface area contributed by atoms with Crippen LogP contribution in [-0.2, 0) is 19.0 Å². The lowest BCUT2D eigenvalue weighted by molar-refractivity contribution is -0.288. The number of rotatable bonds is 5. The third kappa shape index (κ3) is 3.34. The van der Waals surface area contributed by atoms with Crippen molar-refractivity contribution in [2.75, 3.05) is 34.4 Å². The van der Waals surface area contributed by atoms with E-state index in [1.807, 2.05) is 24.3 Å². The Bertz CT molecular complexity index is 471. The van der Waals surface area contributed by atoms with Crippen LogP contribution in [0.15, 0.2) is 24.3 Å². The van der Waals surface area contributed by atoms with Gasteiger partial charge in [0, 0.05) is 6.42 Å². The SMILES string of the molecule is CNCC1(C(=O)OC)OCCC(c2ccc(OC)cc2)O1. The van der Waals surface area contributed by atoms with Gasteiger partial charge in [0.15, 0.2) is 0 Å². The molecule has 0 saturated carbocycles. The summed E-state index contributed by atoms with van der Waals surface area (Å²) in [4.78, 5) is 12.0. The summed E-state index contributed by atoms with van der Waals surface area (Å²) in [5.74, 6) is -1.15. The molecule has 2 atom stereocenters. The van der Waals surface area contributed by atoms with E-state index in [1.165, 1.54) is 7.11 Å². The van der Waals surface area contributed by atoms with Crippen LogP contribution in [0.2, 0.25) is 0 Å². The zero-order valence-electron chi connectivity index (χ0n) is 12.5. The molecule has 0 radical (unpaired) electrons. The molecule has 2 unspecified atom stereocenters. The fourth-order valence-corrected chi connectivity index (χ4v) is 2.37. The molecule has 6 nitrogen and oxygen atoms in total. The highest BCUT2D eigenvalue weighted by molar-refractivity contribution is 5.78. The second-order valence-electron chi connectivity index (χ2n) is 4.79. The maximum absolute atomic E-state index is 12.0. The first-order chi connectivity index (χ1) is 10.1. The molecule has 1 aromatic rings. The zero-order chi connectivity index (χ0) is 15.3. The number of likely N-dealkylation sites (N-methyl/N-ethyl adjacent to an activating group) is 1. The highest BCUT2D eigenvalue weighted by atomic mass is 16.7. The lowest BCUT2D eigenvalue weighted by Crippen LogP contribution is -2.55. The lowest BCUT2D eigenvalue weighted by atomic mass is 10.0. The molecule has 1 aliphatic rings. The molecule has 1 heterocycles. The second-order valence-corrected chi connectivity index (χ2v) is 4.79. The molecular weight excluding hydrogens is 274 g/mol. The standard InChI is InChI=1S/C15H21NO5/c1-16-10-15(14(17)19-3)20-9-8-13(21-15)11-4-6-12(18-2)7-5-11/h4-7,13,16H,8-10H2,1-3H3. The van der Waals surface area contributed by atoms with Crippen LogP contribution in [0.4, 0.5) is 0 Å². The molecule has 0 aliphatic carbocycles. The van der Waals surface area contributed by atoms with Crippen molar-refractivity contribution in [2.45, 2.75) is 18.3 Å². The van der Waals surface area contributed by atoms with E-state index in [1.54, 1.807) is 14.2 Å². The Hall–Kier alpha value is -1.63. The number of methoxy groups -OCH3 is 2. The van der Waals surface area contributed by atoms with Crippen LogP contribution >= 0.6 is 0 Å². The molecule has 0 bridgehead atoms. The fourth-order valence-electron chi connectivity index (χ4n) is 2.37. The molecule has 1 saturated heterocycles. The number of carbonyl (C=O) groups excluding carboxylic acids is 1. The van der Waals surface area contributed by atoms with Gasteiger partial charge in [0.05, 0.1) is 33.5 Å². The first-order valence-electron chi connectivity index (χ1n) is 6.84. The van der Waals surface area contributed by atoms with Crippen molar-refractivity contribution in [3.8, 4) is 5.75 Å². The van der Waals surface area contributed by atoms with Crippen LogP contribution in [0.3, 0.4) is 0 Å². The monoisotopic (exact) mass is 295 g/mol. The number of carbonyl (C=O) groups is 1. The van der Waals surface area contributed by atoms with Crippen LogP contribution in [-0.4, -0.2) is 46.2 Å². The Morgan fingerprint density at radius 1 is 1.38 bits per heavy atom. The van der Waals surface area contributed by atoms with Gasteiger partial charge >= 0.3 is 5.97 Å². The van der Waals surface area contributed by atoms with Gasteiger partial charge in [-0.2, -0.15) is 0 Å². The Morgan fingerprint density at radius 3 is 2.67 bits per heavy atom. The van der Waals surface area contributed by atoms with Gasteiger partial charge in [0.1, 0.15) is 5.75 Å². The third-order valence-corrected chi connectivity index (χ3v) is 3.44. The largest absolute Gasteiger partial charge is 0.497 e. The quantitative estimate of drug-likeness (QED) is 0.825. The third-order valence-electron chi connectivity index (χ3n) is 3.44. The number of esters is 1. The van der Waals surface area contributed by atoms with E-state index in [9.17, 15) is 4.79 Å². The molecule has 6 heteroatoms. The Morgan fingerprint density at radius 2 is 2.10 bits per heavy atom. The van der Waals surface area contributed by atoms with Gasteiger partial charge in [-0.3, -0.25) is 0 Å². The minimum atomic E-state index is -1.40. The Balaban J connectivity index is 2.19. The first kappa shape index (κ1) is 15.8. The number of benzene rings is 1. The summed E-state index contributed by atoms with van der Waals surface area (Å²) in [6, 6.07) is 7.59. The summed E-state index contributed by atoms with van der Waals surface area (Å²) in [7, 11) is 4.67. The molecule has 21 heavy (non-hydrogen) atoms. The first-order valence-corrected chi connectivity index (χ1v) is 6.84.